The van der Waals surface area contributed by atoms with Crippen LogP contribution in [0.5, 0.6) is 0 Å². The summed E-state index contributed by atoms with van der Waals surface area (Å²) in [5, 5.41) is 61.8. The molecule has 9 rings (SSSR count). The molecule has 664 valence electrons. The standard InChI is InChI=1S/C19H20BrFN2O2.C19H21FN2O3.C11H16N2O.C8H5BrClFO.C8H6BrFO2.C8H7FO2.C8H12N4.C7H6BrF.CHO2.Ca.H2O/c1-19(2,3)23(18(25)14-7-5-4-6-8-14)22-17(24)15-10-9-13(12-20)11-16(15)21;1-19(2,3)22(18(25)14-7-5-4-6-8-14)21-17(24)15-10-9-13(12-23)11-16(15)20;1-11(2,3)13(12)10(14)9-7-5-4-6-8-9;9-4-5-1-2-6(8(10)12)7(11)3-5;9-4-5-1-2-6(8(11)12)7(10)3-5;1-5-2-3-6(8(10)11)7(9)4-5;1-7(2,5-9)11-12-8(3,4)6-10;1-5-2-3-6(8)7(9)4-5;2-1-3;;/h4-11H,12H2,1-3H3,(H,22,24);4-11,23H,12H2,1-3H3,(H,21,24);4-8H,12H2,1-3H3;1-3H,4H2;1-3H,4H2,(H,11,12);2-4H,1H3,(H,10,11);1-4H3;2-4H,1H3;(H,2,3);;1H2/q;;;;;;;;-1;+2;/p-1. The number of hydrazine groups is 3. The Bertz CT molecular complexity index is 4960. The molecule has 9 aromatic carbocycles. The van der Waals surface area contributed by atoms with Crippen molar-refractivity contribution < 1.29 is 95.4 Å². The van der Waals surface area contributed by atoms with Crippen molar-refractivity contribution in [3.8, 4) is 12.1 Å². The van der Waals surface area contributed by atoms with Crippen LogP contribution >= 0.6 is 75.3 Å². The van der Waals surface area contributed by atoms with Gasteiger partial charge in [0, 0.05) is 32.7 Å². The van der Waals surface area contributed by atoms with E-state index in [4.69, 9.17) is 53.2 Å². The van der Waals surface area contributed by atoms with E-state index in [1.54, 1.807) is 179 Å². The molecule has 0 saturated heterocycles. The molecule has 0 heterocycles. The fraction of sp³-hybridized carbons (Fsp3) is 0.270. The summed E-state index contributed by atoms with van der Waals surface area (Å²) >= 11 is 17.7. The zero-order chi connectivity index (χ0) is 94.1. The first-order valence-corrected chi connectivity index (χ1v) is 40.9. The van der Waals surface area contributed by atoms with Gasteiger partial charge in [-0.3, -0.25) is 44.6 Å². The molecule has 36 heteroatoms. The van der Waals surface area contributed by atoms with Crippen LogP contribution in [0.1, 0.15) is 206 Å². The Kier molecular flexibility index (Phi) is 53.1. The molecule has 5 amide bonds. The largest absolute Gasteiger partial charge is 2.00 e. The van der Waals surface area contributed by atoms with Gasteiger partial charge in [-0.25, -0.2) is 51.8 Å². The van der Waals surface area contributed by atoms with Crippen molar-refractivity contribution in [1.82, 2.24) is 25.9 Å². The summed E-state index contributed by atoms with van der Waals surface area (Å²) in [6.07, 6.45) is 0. The molecule has 0 aliphatic rings. The molecule has 0 atom stereocenters. The van der Waals surface area contributed by atoms with Gasteiger partial charge in [-0.1, -0.05) is 145 Å². The molecule has 0 radical (unpaired) electrons. The number of halogens is 11. The minimum Gasteiger partial charge on any atom is -0.870 e. The van der Waals surface area contributed by atoms with Crippen LogP contribution in [-0.2, 0) is 27.4 Å². The quantitative estimate of drug-likeness (QED) is 0.00612. The Labute approximate surface area is 791 Å². The number of nitrogens with zero attached hydrogens (tertiary/aromatic N) is 7. The Morgan fingerprint density at radius 3 is 0.976 bits per heavy atom. The van der Waals surface area contributed by atoms with Crippen molar-refractivity contribution in [2.24, 2.45) is 16.1 Å². The van der Waals surface area contributed by atoms with Crippen molar-refractivity contribution in [1.29, 1.82) is 10.5 Å². The number of alkyl halides is 3. The zero-order valence-electron chi connectivity index (χ0n) is 70.9. The number of hydrogen-bond acceptors (Lipinski definition) is 16. The smallest absolute Gasteiger partial charge is 0.870 e. The summed E-state index contributed by atoms with van der Waals surface area (Å²) in [4.78, 5) is 102. The predicted molar refractivity (Wildman–Crippen MR) is 480 cm³/mol. The minimum atomic E-state index is -1.24. The number of nitriles is 2. The molecule has 9 aromatic rings. The molecule has 0 spiro atoms. The summed E-state index contributed by atoms with van der Waals surface area (Å²) in [6.45, 7) is 26.7. The molecule has 0 saturated carbocycles. The van der Waals surface area contributed by atoms with Crippen molar-refractivity contribution in [3.63, 3.8) is 0 Å². The molecular weight excluding hydrogens is 1940 g/mol. The summed E-state index contributed by atoms with van der Waals surface area (Å²) in [7, 11) is 0. The molecule has 9 N–H and O–H groups in total. The molecule has 0 aliphatic heterocycles. The van der Waals surface area contributed by atoms with Crippen molar-refractivity contribution in [3.05, 3.63) is 317 Å². The van der Waals surface area contributed by atoms with Crippen LogP contribution in [0.2, 0.25) is 0 Å². The fourth-order valence-corrected chi connectivity index (χ4v) is 10.2. The average molecular weight is 2040 g/mol. The second kappa shape index (κ2) is 56.8. The third-order valence-electron chi connectivity index (χ3n) is 15.4. The van der Waals surface area contributed by atoms with E-state index in [1.165, 1.54) is 81.8 Å². The number of aliphatic hydroxyl groups excluding tert-OH is 2. The van der Waals surface area contributed by atoms with Gasteiger partial charge in [0.1, 0.15) is 34.9 Å². The maximum atomic E-state index is 14.2. The van der Waals surface area contributed by atoms with Crippen LogP contribution in [-0.4, -0.2) is 160 Å². The first-order valence-electron chi connectivity index (χ1n) is 36.4. The van der Waals surface area contributed by atoms with Crippen LogP contribution in [0.15, 0.2) is 215 Å². The van der Waals surface area contributed by atoms with Gasteiger partial charge in [0.25, 0.3) is 34.8 Å². The van der Waals surface area contributed by atoms with E-state index in [2.05, 4.69) is 84.8 Å². The number of carbonyl (C=O) groups is 8. The van der Waals surface area contributed by atoms with E-state index < -0.39 is 86.1 Å². The average Bonchev–Trinajstić information content (AvgIpc) is 0.815. The molecule has 0 aromatic heterocycles. The second-order valence-corrected chi connectivity index (χ2v) is 32.6. The van der Waals surface area contributed by atoms with Gasteiger partial charge in [-0.15, -0.1) is 0 Å². The molecule has 0 aliphatic carbocycles. The Balaban J connectivity index is 0. The number of aryl methyl sites for hydroxylation is 2. The van der Waals surface area contributed by atoms with E-state index in [1.807, 2.05) is 64.1 Å². The first kappa shape index (κ1) is 117. The maximum absolute atomic E-state index is 14.2. The summed E-state index contributed by atoms with van der Waals surface area (Å²) < 4.78 is 79.9. The van der Waals surface area contributed by atoms with Crippen LogP contribution in [0, 0.1) is 71.4 Å². The molecule has 24 nitrogen and oxygen atoms in total. The minimum absolute atomic E-state index is 0. The van der Waals surface area contributed by atoms with Gasteiger partial charge in [-0.2, -0.15) is 20.8 Å². The van der Waals surface area contributed by atoms with Gasteiger partial charge in [0.05, 0.1) is 67.7 Å². The predicted octanol–water partition coefficient (Wildman–Crippen LogP) is 20.4. The molecule has 0 fully saturated rings. The summed E-state index contributed by atoms with van der Waals surface area (Å²) in [5.74, 6) is -2.62. The van der Waals surface area contributed by atoms with Crippen molar-refractivity contribution in [2.45, 2.75) is 154 Å². The Hall–Kier alpha value is -10.1. The van der Waals surface area contributed by atoms with E-state index in [-0.39, 0.29) is 101 Å². The Morgan fingerprint density at radius 2 is 0.720 bits per heavy atom. The topological polar surface area (TPSA) is 397 Å². The molecule has 0 bridgehead atoms. The Morgan fingerprint density at radius 1 is 0.448 bits per heavy atom. The molecular formula is C89H95Br4CaClF6N10O14. The first-order chi connectivity index (χ1) is 57.2. The van der Waals surface area contributed by atoms with E-state index >= 15 is 0 Å². The number of carboxylic acids is 2. The van der Waals surface area contributed by atoms with Crippen LogP contribution in [0.4, 0.5) is 26.3 Å². The van der Waals surface area contributed by atoms with Gasteiger partial charge in [0.15, 0.2) is 11.1 Å². The van der Waals surface area contributed by atoms with Crippen LogP contribution in [0.25, 0.3) is 0 Å². The number of amides is 5. The number of rotatable bonds is 14. The van der Waals surface area contributed by atoms with Crippen LogP contribution < -0.4 is 16.7 Å². The number of nitrogens with two attached hydrogens (primary N) is 1. The molecule has 125 heavy (non-hydrogen) atoms. The van der Waals surface area contributed by atoms with Gasteiger partial charge >= 0.3 is 49.7 Å². The second-order valence-electron chi connectivity index (χ2n) is 29.7. The third-order valence-corrected chi connectivity index (χ3v) is 18.2. The van der Waals surface area contributed by atoms with Gasteiger partial charge in [0.2, 0.25) is 0 Å². The van der Waals surface area contributed by atoms with Gasteiger partial charge < -0.3 is 30.7 Å². The fourth-order valence-electron chi connectivity index (χ4n) is 8.79. The van der Waals surface area contributed by atoms with Crippen LogP contribution in [0.3, 0.4) is 0 Å². The van der Waals surface area contributed by atoms with E-state index in [0.717, 1.165) is 28.3 Å². The molecule has 0 unspecified atom stereocenters. The monoisotopic (exact) mass is 2030 g/mol. The zero-order valence-corrected chi connectivity index (χ0v) is 80.2. The third kappa shape index (κ3) is 42.6. The summed E-state index contributed by atoms with van der Waals surface area (Å²) in [6, 6.07) is 55.7. The number of benzene rings is 9. The number of aromatic carboxylic acids is 2. The van der Waals surface area contributed by atoms with Gasteiger partial charge in [-0.05, 0) is 274 Å². The number of hydrogen-bond donors (Lipinski definition) is 7. The number of aliphatic hydroxyl groups is 1. The number of carbonyl (C=O) groups excluding carboxylic acids is 6. The maximum Gasteiger partial charge on any atom is 2.00 e. The van der Waals surface area contributed by atoms with E-state index in [0.29, 0.717) is 54.8 Å². The van der Waals surface area contributed by atoms with Crippen molar-refractivity contribution in [2.75, 3.05) is 0 Å². The summed E-state index contributed by atoms with van der Waals surface area (Å²) in [5.41, 5.74) is 6.33. The normalized spacial score (nSPS) is 10.4. The van der Waals surface area contributed by atoms with E-state index in [9.17, 15) is 64.7 Å². The van der Waals surface area contributed by atoms with Crippen molar-refractivity contribution >= 4 is 166 Å². The number of nitrogens with one attached hydrogen (secondary N) is 2. The SMILES string of the molecule is CC(C)(C#N)N=NC(C)(C)C#N.CC(C)(C)N(N)C(=O)c1ccccc1.CC(C)(C)N(NC(=O)c1ccc(CBr)cc1F)C(=O)c1ccccc1.CC(C)(C)N(NC(=O)c1ccc(CO)cc1F)C(=O)c1ccccc1.Cc1ccc(Br)c(F)c1.Cc1ccc(C(=O)O)c(F)c1.O=C(Cl)c1ccc(CBr)cc1F.O=C(O)c1ccc(CBr)cc1F.O=[C-]O.[Ca+2].[OH-]. The number of carboxylic acid groups (broad SMARTS) is 2. The number of azo groups is 1.